The Morgan fingerprint density at radius 2 is 2.03 bits per heavy atom. The minimum atomic E-state index is -1.09. The molecule has 3 fully saturated rings. The first-order valence-electron chi connectivity index (χ1n) is 12.1. The number of rotatable bonds is 5. The fourth-order valence-corrected chi connectivity index (χ4v) is 5.79. The summed E-state index contributed by atoms with van der Waals surface area (Å²) in [6.45, 7) is 7.79. The molecule has 36 heavy (non-hydrogen) atoms. The predicted octanol–water partition coefficient (Wildman–Crippen LogP) is 4.31. The molecule has 2 heterocycles. The standard InChI is InChI=1S/C25H30ClFN4O5/c1-12-19-15(7-17(27)20(12)30-10-13-8-25(13,11-30)29-22(33)34)16(9-28-23(35)36-24(2,3)4)18(26)21(32)31(19)14-5-6-14/h7,13-14,29H,5-6,8-11H2,1-4H3,(H,28,35)(H,33,34). The average molecular weight is 521 g/mol. The zero-order valence-corrected chi connectivity index (χ0v) is 21.5. The van der Waals surface area contributed by atoms with Crippen molar-refractivity contribution in [2.75, 3.05) is 18.0 Å². The lowest BCUT2D eigenvalue weighted by Gasteiger charge is -2.27. The van der Waals surface area contributed by atoms with Crippen LogP contribution in [0.5, 0.6) is 0 Å². The van der Waals surface area contributed by atoms with Crippen LogP contribution in [0.4, 0.5) is 19.7 Å². The molecule has 0 radical (unpaired) electrons. The SMILES string of the molecule is Cc1c(N2CC3CC3(NC(=O)O)C2)c(F)cc2c(CNC(=O)OC(C)(C)C)c(Cl)c(=O)n(C3CC3)c12. The first kappa shape index (κ1) is 24.7. The summed E-state index contributed by atoms with van der Waals surface area (Å²) in [6, 6.07) is 1.35. The number of aromatic nitrogens is 1. The van der Waals surface area contributed by atoms with Crippen LogP contribution < -0.4 is 21.1 Å². The van der Waals surface area contributed by atoms with Gasteiger partial charge in [0.25, 0.3) is 5.56 Å². The van der Waals surface area contributed by atoms with Crippen LogP contribution in [-0.4, -0.2) is 46.1 Å². The van der Waals surface area contributed by atoms with E-state index in [1.165, 1.54) is 6.07 Å². The van der Waals surface area contributed by atoms with Crippen molar-refractivity contribution >= 4 is 40.4 Å². The van der Waals surface area contributed by atoms with Gasteiger partial charge in [-0.15, -0.1) is 0 Å². The normalized spacial score (nSPS) is 22.9. The Labute approximate surface area is 212 Å². The highest BCUT2D eigenvalue weighted by molar-refractivity contribution is 6.32. The van der Waals surface area contributed by atoms with Crippen LogP contribution in [0, 0.1) is 18.7 Å². The first-order chi connectivity index (χ1) is 16.8. The number of hydrogen-bond acceptors (Lipinski definition) is 5. The first-order valence-corrected chi connectivity index (χ1v) is 12.5. The number of nitrogens with one attached hydrogen (secondary N) is 2. The van der Waals surface area contributed by atoms with Crippen molar-refractivity contribution in [2.24, 2.45) is 5.92 Å². The van der Waals surface area contributed by atoms with E-state index in [1.54, 1.807) is 32.3 Å². The fraction of sp³-hybridized carbons (Fsp3) is 0.560. The van der Waals surface area contributed by atoms with Gasteiger partial charge in [-0.2, -0.15) is 0 Å². The summed E-state index contributed by atoms with van der Waals surface area (Å²) in [5, 5.41) is 14.9. The third kappa shape index (κ3) is 4.25. The number of pyridine rings is 1. The number of aryl methyl sites for hydroxylation is 1. The molecule has 0 spiro atoms. The summed E-state index contributed by atoms with van der Waals surface area (Å²) in [5.41, 5.74) is 0.247. The zero-order valence-electron chi connectivity index (χ0n) is 20.7. The second-order valence-electron chi connectivity index (χ2n) is 11.2. The Bertz CT molecular complexity index is 1350. The topological polar surface area (TPSA) is 113 Å². The number of fused-ring (bicyclic) bond motifs is 2. The van der Waals surface area contributed by atoms with Gasteiger partial charge < -0.3 is 29.9 Å². The Morgan fingerprint density at radius 1 is 1.33 bits per heavy atom. The van der Waals surface area contributed by atoms with Crippen molar-refractivity contribution < 1.29 is 23.8 Å². The number of carbonyl (C=O) groups is 2. The van der Waals surface area contributed by atoms with Crippen LogP contribution in [-0.2, 0) is 11.3 Å². The molecule has 11 heteroatoms. The van der Waals surface area contributed by atoms with E-state index < -0.39 is 29.1 Å². The van der Waals surface area contributed by atoms with Crippen LogP contribution in [0.2, 0.25) is 5.02 Å². The highest BCUT2D eigenvalue weighted by Crippen LogP contribution is 2.52. The zero-order chi connectivity index (χ0) is 26.2. The third-order valence-corrected chi connectivity index (χ3v) is 7.63. The molecule has 1 saturated heterocycles. The number of piperidine rings is 1. The molecule has 3 N–H and O–H groups in total. The number of amides is 2. The van der Waals surface area contributed by atoms with Crippen LogP contribution in [0.3, 0.4) is 0 Å². The van der Waals surface area contributed by atoms with Crippen molar-refractivity contribution in [2.45, 2.75) is 70.7 Å². The minimum Gasteiger partial charge on any atom is -0.465 e. The van der Waals surface area contributed by atoms with Gasteiger partial charge in [0.1, 0.15) is 16.4 Å². The van der Waals surface area contributed by atoms with Crippen molar-refractivity contribution in [1.29, 1.82) is 0 Å². The average Bonchev–Trinajstić information content (AvgIpc) is 3.65. The van der Waals surface area contributed by atoms with Crippen LogP contribution in [0.25, 0.3) is 10.9 Å². The van der Waals surface area contributed by atoms with Gasteiger partial charge in [-0.1, -0.05) is 11.6 Å². The molecule has 2 unspecified atom stereocenters. The van der Waals surface area contributed by atoms with Crippen molar-refractivity contribution in [3.63, 3.8) is 0 Å². The monoisotopic (exact) mass is 520 g/mol. The lowest BCUT2D eigenvalue weighted by Crippen LogP contribution is -2.41. The van der Waals surface area contributed by atoms with E-state index in [4.69, 9.17) is 16.3 Å². The lowest BCUT2D eigenvalue weighted by molar-refractivity contribution is 0.0523. The Kier molecular flexibility index (Phi) is 5.66. The van der Waals surface area contributed by atoms with Crippen molar-refractivity contribution in [3.05, 3.63) is 38.4 Å². The van der Waals surface area contributed by atoms with E-state index in [0.29, 0.717) is 40.8 Å². The van der Waals surface area contributed by atoms with Gasteiger partial charge in [0.2, 0.25) is 0 Å². The summed E-state index contributed by atoms with van der Waals surface area (Å²) in [7, 11) is 0. The second-order valence-corrected chi connectivity index (χ2v) is 11.5. The molecular formula is C25H30ClFN4O5. The third-order valence-electron chi connectivity index (χ3n) is 7.24. The number of anilines is 1. The quantitative estimate of drug-likeness (QED) is 0.541. The van der Waals surface area contributed by atoms with Crippen LogP contribution >= 0.6 is 11.6 Å². The Morgan fingerprint density at radius 3 is 2.64 bits per heavy atom. The number of carboxylic acid groups (broad SMARTS) is 1. The van der Waals surface area contributed by atoms with Crippen molar-refractivity contribution in [3.8, 4) is 0 Å². The molecule has 2 atom stereocenters. The number of nitrogens with zero attached hydrogens (tertiary/aromatic N) is 2. The molecule has 5 rings (SSSR count). The summed E-state index contributed by atoms with van der Waals surface area (Å²) >= 11 is 6.51. The Hall–Kier alpha value is -3.01. The van der Waals surface area contributed by atoms with E-state index in [-0.39, 0.29) is 29.1 Å². The number of halogens is 2. The number of ether oxygens (including phenoxy) is 1. The molecule has 2 amide bonds. The molecule has 9 nitrogen and oxygen atoms in total. The molecule has 194 valence electrons. The maximum Gasteiger partial charge on any atom is 0.407 e. The van der Waals surface area contributed by atoms with Crippen LogP contribution in [0.1, 0.15) is 57.2 Å². The molecular weight excluding hydrogens is 491 g/mol. The summed E-state index contributed by atoms with van der Waals surface area (Å²) in [5.74, 6) is -0.366. The summed E-state index contributed by atoms with van der Waals surface area (Å²) < 4.78 is 22.7. The van der Waals surface area contributed by atoms with Gasteiger partial charge in [-0.3, -0.25) is 4.79 Å². The van der Waals surface area contributed by atoms with Gasteiger partial charge in [0, 0.05) is 42.5 Å². The summed E-state index contributed by atoms with van der Waals surface area (Å²) in [4.78, 5) is 38.8. The molecule has 0 bridgehead atoms. The number of carbonyl (C=O) groups excluding carboxylic acids is 1. The van der Waals surface area contributed by atoms with E-state index in [0.717, 1.165) is 19.3 Å². The largest absolute Gasteiger partial charge is 0.465 e. The molecule has 2 aromatic rings. The smallest absolute Gasteiger partial charge is 0.407 e. The Balaban J connectivity index is 1.58. The van der Waals surface area contributed by atoms with Crippen molar-refractivity contribution in [1.82, 2.24) is 15.2 Å². The molecule has 1 aromatic carbocycles. The van der Waals surface area contributed by atoms with Crippen LogP contribution in [0.15, 0.2) is 10.9 Å². The van der Waals surface area contributed by atoms with Gasteiger partial charge in [-0.05, 0) is 58.6 Å². The molecule has 2 aliphatic carbocycles. The number of alkyl carbamates (subject to hydrolysis) is 1. The highest BCUT2D eigenvalue weighted by atomic mass is 35.5. The maximum atomic E-state index is 15.7. The van der Waals surface area contributed by atoms with E-state index in [9.17, 15) is 19.5 Å². The van der Waals surface area contributed by atoms with E-state index in [1.807, 2.05) is 4.90 Å². The molecule has 1 aromatic heterocycles. The van der Waals surface area contributed by atoms with E-state index in [2.05, 4.69) is 10.6 Å². The summed E-state index contributed by atoms with van der Waals surface area (Å²) in [6.07, 6.45) is 0.621. The predicted molar refractivity (Wildman–Crippen MR) is 133 cm³/mol. The molecule has 1 aliphatic heterocycles. The van der Waals surface area contributed by atoms with Gasteiger partial charge in [0.15, 0.2) is 0 Å². The second kappa shape index (κ2) is 8.26. The van der Waals surface area contributed by atoms with Gasteiger partial charge >= 0.3 is 12.2 Å². The molecule has 2 saturated carbocycles. The highest BCUT2D eigenvalue weighted by Gasteiger charge is 2.61. The van der Waals surface area contributed by atoms with Gasteiger partial charge in [0.05, 0.1) is 16.7 Å². The maximum absolute atomic E-state index is 15.7. The van der Waals surface area contributed by atoms with E-state index >= 15 is 4.39 Å². The number of benzene rings is 1. The van der Waals surface area contributed by atoms with Gasteiger partial charge in [-0.25, -0.2) is 14.0 Å². The molecule has 3 aliphatic rings. The fourth-order valence-electron chi connectivity index (χ4n) is 5.53. The lowest BCUT2D eigenvalue weighted by atomic mass is 10.0. The minimum absolute atomic E-state index is 0.0191. The number of hydrogen-bond donors (Lipinski definition) is 3.